The largest absolute Gasteiger partial charge is 0.494 e. The molecule has 158 valence electrons. The van der Waals surface area contributed by atoms with Crippen LogP contribution < -0.4 is 10.1 Å². The Kier molecular flexibility index (Phi) is 6.42. The summed E-state index contributed by atoms with van der Waals surface area (Å²) >= 11 is 0. The van der Waals surface area contributed by atoms with Crippen LogP contribution in [0.2, 0.25) is 0 Å². The van der Waals surface area contributed by atoms with Gasteiger partial charge < -0.3 is 19.0 Å². The maximum Gasteiger partial charge on any atom is 0.238 e. The Bertz CT molecular complexity index is 1090. The number of aryl methyl sites for hydroxylation is 1. The van der Waals surface area contributed by atoms with Crippen molar-refractivity contribution in [2.75, 3.05) is 6.61 Å². The molecule has 2 aromatic heterocycles. The maximum atomic E-state index is 12.7. The van der Waals surface area contributed by atoms with Crippen molar-refractivity contribution in [3.05, 3.63) is 90.0 Å². The Labute approximate surface area is 180 Å². The van der Waals surface area contributed by atoms with E-state index in [-0.39, 0.29) is 18.4 Å². The first-order valence-corrected chi connectivity index (χ1v) is 10.2. The fourth-order valence-electron chi connectivity index (χ4n) is 3.24. The van der Waals surface area contributed by atoms with Crippen molar-refractivity contribution in [2.24, 2.45) is 0 Å². The van der Waals surface area contributed by atoms with Gasteiger partial charge in [-0.15, -0.1) is 0 Å². The number of carbonyl (C=O) groups is 1. The molecule has 31 heavy (non-hydrogen) atoms. The minimum atomic E-state index is -0.272. The van der Waals surface area contributed by atoms with Crippen molar-refractivity contribution < 1.29 is 18.5 Å². The zero-order chi connectivity index (χ0) is 21.5. The van der Waals surface area contributed by atoms with E-state index in [1.54, 1.807) is 18.4 Å². The summed E-state index contributed by atoms with van der Waals surface area (Å²) in [6, 6.07) is 20.8. The summed E-state index contributed by atoms with van der Waals surface area (Å²) in [6.45, 7) is 2.55. The molecule has 2 aromatic carbocycles. The molecule has 2 heterocycles. The molecule has 0 aliphatic rings. The quantitative estimate of drug-likeness (QED) is 0.429. The van der Waals surface area contributed by atoms with Crippen LogP contribution in [0, 0.1) is 0 Å². The number of nitrogens with zero attached hydrogens (tertiary/aromatic N) is 2. The number of carbonyl (C=O) groups excluding carboxylic acids is 1. The molecule has 1 atom stereocenters. The molecule has 0 spiro atoms. The van der Waals surface area contributed by atoms with Crippen molar-refractivity contribution in [2.45, 2.75) is 25.8 Å². The van der Waals surface area contributed by atoms with Gasteiger partial charge in [-0.1, -0.05) is 47.6 Å². The van der Waals surface area contributed by atoms with Gasteiger partial charge in [0.2, 0.25) is 17.6 Å². The second-order valence-corrected chi connectivity index (χ2v) is 6.90. The average molecular weight is 417 g/mol. The number of amides is 1. The number of rotatable bonds is 9. The van der Waals surface area contributed by atoms with Crippen LogP contribution in [-0.2, 0) is 11.2 Å². The molecule has 0 saturated carbocycles. The van der Waals surface area contributed by atoms with Crippen LogP contribution in [0.25, 0.3) is 11.6 Å². The van der Waals surface area contributed by atoms with E-state index in [4.69, 9.17) is 13.7 Å². The number of ether oxygens (including phenoxy) is 1. The zero-order valence-corrected chi connectivity index (χ0v) is 17.2. The number of furan rings is 1. The Morgan fingerprint density at radius 2 is 1.81 bits per heavy atom. The van der Waals surface area contributed by atoms with Crippen LogP contribution >= 0.6 is 0 Å². The molecule has 4 rings (SSSR count). The summed E-state index contributed by atoms with van der Waals surface area (Å²) in [5.74, 6) is 1.98. The van der Waals surface area contributed by atoms with Crippen LogP contribution in [0.15, 0.2) is 81.9 Å². The van der Waals surface area contributed by atoms with Gasteiger partial charge in [-0.05, 0) is 42.3 Å². The van der Waals surface area contributed by atoms with Gasteiger partial charge in [-0.2, -0.15) is 4.98 Å². The minimum absolute atomic E-state index is 0.111. The summed E-state index contributed by atoms with van der Waals surface area (Å²) < 4.78 is 16.0. The molecule has 1 amide bonds. The number of hydrogen-bond donors (Lipinski definition) is 1. The molecule has 0 aliphatic heterocycles. The van der Waals surface area contributed by atoms with Gasteiger partial charge in [0.25, 0.3) is 0 Å². The molecule has 1 unspecified atom stereocenters. The van der Waals surface area contributed by atoms with E-state index >= 15 is 0 Å². The molecule has 1 N–H and O–H groups in total. The third-order valence-corrected chi connectivity index (χ3v) is 4.74. The van der Waals surface area contributed by atoms with E-state index in [2.05, 4.69) is 15.5 Å². The predicted molar refractivity (Wildman–Crippen MR) is 114 cm³/mol. The number of aromatic nitrogens is 2. The second-order valence-electron chi connectivity index (χ2n) is 6.90. The van der Waals surface area contributed by atoms with Crippen molar-refractivity contribution in [3.63, 3.8) is 0 Å². The highest BCUT2D eigenvalue weighted by molar-refractivity contribution is 5.77. The lowest BCUT2D eigenvalue weighted by Gasteiger charge is -2.20. The highest BCUT2D eigenvalue weighted by Crippen LogP contribution is 2.24. The molecule has 0 fully saturated rings. The molecule has 7 nitrogen and oxygen atoms in total. The third-order valence-electron chi connectivity index (χ3n) is 4.74. The molecule has 0 bridgehead atoms. The standard InChI is InChI=1S/C24H23N3O4/c1-2-29-19-12-10-18(11-13-19)23(17-7-4-3-5-8-17)25-21(28)14-15-22-26-24(27-31-22)20-9-6-16-30-20/h3-13,16,23H,2,14-15H2,1H3,(H,25,28). The highest BCUT2D eigenvalue weighted by atomic mass is 16.5. The number of benzene rings is 2. The summed E-state index contributed by atoms with van der Waals surface area (Å²) in [4.78, 5) is 17.0. The van der Waals surface area contributed by atoms with Crippen LogP contribution in [0.3, 0.4) is 0 Å². The van der Waals surface area contributed by atoms with Gasteiger partial charge in [0.1, 0.15) is 5.75 Å². The van der Waals surface area contributed by atoms with Gasteiger partial charge >= 0.3 is 0 Å². The van der Waals surface area contributed by atoms with Crippen molar-refractivity contribution >= 4 is 5.91 Å². The lowest BCUT2D eigenvalue weighted by molar-refractivity contribution is -0.121. The first-order chi connectivity index (χ1) is 15.2. The van der Waals surface area contributed by atoms with Gasteiger partial charge in [0.15, 0.2) is 5.76 Å². The number of hydrogen-bond acceptors (Lipinski definition) is 6. The summed E-state index contributed by atoms with van der Waals surface area (Å²) in [5.41, 5.74) is 1.97. The fourth-order valence-corrected chi connectivity index (χ4v) is 3.24. The van der Waals surface area contributed by atoms with Gasteiger partial charge in [-0.25, -0.2) is 0 Å². The minimum Gasteiger partial charge on any atom is -0.494 e. The Morgan fingerprint density at radius 1 is 1.03 bits per heavy atom. The zero-order valence-electron chi connectivity index (χ0n) is 17.2. The first-order valence-electron chi connectivity index (χ1n) is 10.2. The Morgan fingerprint density at radius 3 is 2.52 bits per heavy atom. The lowest BCUT2D eigenvalue weighted by Crippen LogP contribution is -2.29. The second kappa shape index (κ2) is 9.75. The fraction of sp³-hybridized carbons (Fsp3) is 0.208. The van der Waals surface area contributed by atoms with E-state index in [9.17, 15) is 4.79 Å². The Hall–Kier alpha value is -3.87. The van der Waals surface area contributed by atoms with Crippen molar-refractivity contribution in [3.8, 4) is 17.3 Å². The average Bonchev–Trinajstić information content (AvgIpc) is 3.50. The molecule has 0 saturated heterocycles. The van der Waals surface area contributed by atoms with Crippen LogP contribution in [0.1, 0.15) is 36.4 Å². The molecular formula is C24H23N3O4. The van der Waals surface area contributed by atoms with E-state index in [0.717, 1.165) is 16.9 Å². The van der Waals surface area contributed by atoms with Gasteiger partial charge in [0, 0.05) is 12.8 Å². The van der Waals surface area contributed by atoms with Crippen molar-refractivity contribution in [1.29, 1.82) is 0 Å². The monoisotopic (exact) mass is 417 g/mol. The normalized spacial score (nSPS) is 11.8. The maximum absolute atomic E-state index is 12.7. The Balaban J connectivity index is 1.43. The van der Waals surface area contributed by atoms with Gasteiger partial charge in [-0.3, -0.25) is 4.79 Å². The van der Waals surface area contributed by atoms with E-state index in [0.29, 0.717) is 30.5 Å². The van der Waals surface area contributed by atoms with Crippen LogP contribution in [-0.4, -0.2) is 22.7 Å². The highest BCUT2D eigenvalue weighted by Gasteiger charge is 2.18. The van der Waals surface area contributed by atoms with Gasteiger partial charge in [0.05, 0.1) is 18.9 Å². The number of nitrogens with one attached hydrogen (secondary N) is 1. The predicted octanol–water partition coefficient (Wildman–Crippen LogP) is 4.57. The SMILES string of the molecule is CCOc1ccc(C(NC(=O)CCc2nc(-c3ccco3)no2)c2ccccc2)cc1. The third kappa shape index (κ3) is 5.19. The first kappa shape index (κ1) is 20.4. The summed E-state index contributed by atoms with van der Waals surface area (Å²) in [7, 11) is 0. The van der Waals surface area contributed by atoms with E-state index < -0.39 is 0 Å². The molecule has 7 heteroatoms. The van der Waals surface area contributed by atoms with Crippen molar-refractivity contribution in [1.82, 2.24) is 15.5 Å². The topological polar surface area (TPSA) is 90.4 Å². The summed E-state index contributed by atoms with van der Waals surface area (Å²) in [6.07, 6.45) is 2.11. The van der Waals surface area contributed by atoms with Crippen LogP contribution in [0.5, 0.6) is 5.75 Å². The van der Waals surface area contributed by atoms with E-state index in [1.807, 2.05) is 61.5 Å². The lowest BCUT2D eigenvalue weighted by atomic mass is 9.98. The molecular weight excluding hydrogens is 394 g/mol. The summed E-state index contributed by atoms with van der Waals surface area (Å²) in [5, 5.41) is 7.01. The molecule has 4 aromatic rings. The van der Waals surface area contributed by atoms with Crippen LogP contribution in [0.4, 0.5) is 0 Å². The smallest absolute Gasteiger partial charge is 0.238 e. The van der Waals surface area contributed by atoms with E-state index in [1.165, 1.54) is 0 Å². The molecule has 0 radical (unpaired) electrons. The molecule has 0 aliphatic carbocycles.